The summed E-state index contributed by atoms with van der Waals surface area (Å²) in [6.45, 7) is 7.07. The summed E-state index contributed by atoms with van der Waals surface area (Å²) in [6, 6.07) is 0. The number of hydrogen-bond acceptors (Lipinski definition) is 3. The van der Waals surface area contributed by atoms with Crippen molar-refractivity contribution in [2.45, 2.75) is 71.8 Å². The van der Waals surface area contributed by atoms with Gasteiger partial charge in [-0.3, -0.25) is 4.79 Å². The van der Waals surface area contributed by atoms with Gasteiger partial charge in [-0.1, -0.05) is 13.8 Å². The van der Waals surface area contributed by atoms with E-state index in [0.717, 1.165) is 19.3 Å². The van der Waals surface area contributed by atoms with Crippen molar-refractivity contribution in [2.24, 2.45) is 34.5 Å². The quantitative estimate of drug-likeness (QED) is 0.529. The first-order valence-electron chi connectivity index (χ1n) is 10.5. The van der Waals surface area contributed by atoms with E-state index in [1.165, 1.54) is 31.3 Å². The topological polar surface area (TPSA) is 35.5 Å². The Balaban J connectivity index is 1.61. The van der Waals surface area contributed by atoms with Gasteiger partial charge >= 0.3 is 0 Å². The van der Waals surface area contributed by atoms with E-state index in [4.69, 9.17) is 9.47 Å². The smallest absolute Gasteiger partial charge is 0.146 e. The molecule has 26 heavy (non-hydrogen) atoms. The van der Waals surface area contributed by atoms with Crippen molar-refractivity contribution in [3.05, 3.63) is 17.4 Å². The van der Waals surface area contributed by atoms with E-state index in [9.17, 15) is 4.79 Å². The molecular weight excluding hydrogens is 324 g/mol. The van der Waals surface area contributed by atoms with E-state index in [1.807, 2.05) is 6.92 Å². The molecule has 0 aromatic rings. The Labute approximate surface area is 158 Å². The normalized spacial score (nSPS) is 46.9. The van der Waals surface area contributed by atoms with Gasteiger partial charge in [-0.15, -0.1) is 5.73 Å². The Kier molecular flexibility index (Phi) is 4.70. The lowest BCUT2D eigenvalue weighted by atomic mass is 9.48. The van der Waals surface area contributed by atoms with Crippen LogP contribution in [0.15, 0.2) is 17.4 Å². The summed E-state index contributed by atoms with van der Waals surface area (Å²) in [6.07, 6.45) is 10.7. The molecule has 0 aromatic heterocycles. The van der Waals surface area contributed by atoms with Crippen molar-refractivity contribution in [1.29, 1.82) is 0 Å². The van der Waals surface area contributed by atoms with Gasteiger partial charge in [0.15, 0.2) is 0 Å². The summed E-state index contributed by atoms with van der Waals surface area (Å²) in [7, 11) is 1.69. The Hall–Kier alpha value is -0.890. The number of fused-ring (bicyclic) bond motifs is 5. The van der Waals surface area contributed by atoms with Gasteiger partial charge in [0.2, 0.25) is 0 Å². The molecule has 4 aliphatic carbocycles. The number of carbonyl (C=O) groups excluding carboxylic acids is 1. The number of carbonyl (C=O) groups is 1. The molecule has 4 rings (SSSR count). The number of hydrogen-bond donors (Lipinski definition) is 0. The summed E-state index contributed by atoms with van der Waals surface area (Å²) in [5, 5.41) is 0. The maximum atomic E-state index is 12.2. The molecule has 0 heterocycles. The zero-order chi connectivity index (χ0) is 18.5. The first-order valence-corrected chi connectivity index (χ1v) is 10.5. The van der Waals surface area contributed by atoms with E-state index in [2.05, 4.69) is 25.7 Å². The lowest BCUT2D eigenvalue weighted by molar-refractivity contribution is -0.127. The molecule has 144 valence electrons. The third-order valence-corrected chi connectivity index (χ3v) is 8.62. The maximum Gasteiger partial charge on any atom is 0.146 e. The van der Waals surface area contributed by atoms with Crippen LogP contribution in [0.25, 0.3) is 0 Å². The van der Waals surface area contributed by atoms with Crippen molar-refractivity contribution < 1.29 is 14.3 Å². The largest absolute Gasteiger partial charge is 0.359 e. The molecule has 3 heteroatoms. The highest BCUT2D eigenvalue weighted by Crippen LogP contribution is 2.65. The fourth-order valence-electron chi connectivity index (χ4n) is 7.15. The summed E-state index contributed by atoms with van der Waals surface area (Å²) < 4.78 is 10.9. The van der Waals surface area contributed by atoms with Crippen LogP contribution in [0, 0.1) is 34.5 Å². The lowest BCUT2D eigenvalue weighted by Gasteiger charge is -2.56. The molecule has 0 spiro atoms. The third-order valence-electron chi connectivity index (χ3n) is 8.62. The zero-order valence-electron chi connectivity index (χ0n) is 16.8. The van der Waals surface area contributed by atoms with Gasteiger partial charge in [0.1, 0.15) is 12.6 Å². The molecule has 0 amide bonds. The van der Waals surface area contributed by atoms with Crippen molar-refractivity contribution >= 4 is 5.78 Å². The van der Waals surface area contributed by atoms with Crippen LogP contribution in [0.1, 0.15) is 65.7 Å². The number of Topliss-reactive ketones (excluding diaryl/α,β-unsaturated/α-hetero) is 1. The van der Waals surface area contributed by atoms with E-state index < -0.39 is 0 Å². The van der Waals surface area contributed by atoms with Gasteiger partial charge in [0.05, 0.1) is 6.10 Å². The van der Waals surface area contributed by atoms with E-state index in [1.54, 1.807) is 7.11 Å². The van der Waals surface area contributed by atoms with Crippen LogP contribution in [0.4, 0.5) is 0 Å². The van der Waals surface area contributed by atoms with Crippen LogP contribution in [0.2, 0.25) is 0 Å². The number of methoxy groups -OCH3 is 1. The Morgan fingerprint density at radius 1 is 1.19 bits per heavy atom. The fourth-order valence-corrected chi connectivity index (χ4v) is 7.15. The van der Waals surface area contributed by atoms with Gasteiger partial charge in [-0.05, 0) is 85.7 Å². The molecular formula is C23H34O3. The van der Waals surface area contributed by atoms with Crippen LogP contribution in [-0.2, 0) is 14.3 Å². The van der Waals surface area contributed by atoms with Gasteiger partial charge in [-0.2, -0.15) is 0 Å². The molecule has 3 nitrogen and oxygen atoms in total. The Bertz CT molecular complexity index is 646. The van der Waals surface area contributed by atoms with Gasteiger partial charge in [0.25, 0.3) is 0 Å². The molecule has 4 aliphatic rings. The molecule has 0 bridgehead atoms. The minimum absolute atomic E-state index is 0.206. The number of ketones is 1. The van der Waals surface area contributed by atoms with Gasteiger partial charge in [-0.25, -0.2) is 0 Å². The maximum absolute atomic E-state index is 12.2. The minimum atomic E-state index is 0.206. The first kappa shape index (κ1) is 18.5. The van der Waals surface area contributed by atoms with Crippen LogP contribution in [0.3, 0.4) is 0 Å². The minimum Gasteiger partial charge on any atom is -0.359 e. The van der Waals surface area contributed by atoms with Crippen LogP contribution in [-0.4, -0.2) is 25.8 Å². The van der Waals surface area contributed by atoms with Crippen molar-refractivity contribution in [3.63, 3.8) is 0 Å². The summed E-state index contributed by atoms with van der Waals surface area (Å²) in [4.78, 5) is 12.2. The SMILES string of the molecule is COCO[C@H]1CC[C@@]2(C)C(=C=C[C@H]3[C@@H]4CC[C@H](C(C)=O)[C@@]4(C)CC[C@@H]32)C1. The summed E-state index contributed by atoms with van der Waals surface area (Å²) in [5.74, 6) is 2.65. The molecule has 7 atom stereocenters. The molecule has 0 radical (unpaired) electrons. The Morgan fingerprint density at radius 3 is 2.73 bits per heavy atom. The third kappa shape index (κ3) is 2.66. The second kappa shape index (κ2) is 6.62. The van der Waals surface area contributed by atoms with E-state index >= 15 is 0 Å². The molecule has 3 saturated carbocycles. The Morgan fingerprint density at radius 2 is 2.00 bits per heavy atom. The monoisotopic (exact) mass is 358 g/mol. The number of ether oxygens (including phenoxy) is 2. The molecule has 0 aromatic carbocycles. The highest BCUT2D eigenvalue weighted by Gasteiger charge is 2.58. The zero-order valence-corrected chi connectivity index (χ0v) is 16.8. The highest BCUT2D eigenvalue weighted by molar-refractivity contribution is 5.79. The van der Waals surface area contributed by atoms with Crippen LogP contribution >= 0.6 is 0 Å². The van der Waals surface area contributed by atoms with Gasteiger partial charge in [0, 0.05) is 19.4 Å². The second-order valence-corrected chi connectivity index (χ2v) is 9.72. The predicted molar refractivity (Wildman–Crippen MR) is 102 cm³/mol. The standard InChI is InChI=1S/C23H34O3/c1-15(24)19-7-8-20-18-6-5-16-13-17(26-14-25-4)9-11-22(16,2)21(18)10-12-23(19,20)3/h6,17-21H,7-14H2,1-4H3/t17-,18-,19+,20-,21-,22-,23+/m0/s1. The lowest BCUT2D eigenvalue weighted by Crippen LogP contribution is -2.50. The summed E-state index contributed by atoms with van der Waals surface area (Å²) >= 11 is 0. The predicted octanol–water partition coefficient (Wildman–Crippen LogP) is 4.91. The molecule has 0 aliphatic heterocycles. The molecule has 0 unspecified atom stereocenters. The van der Waals surface area contributed by atoms with Crippen LogP contribution in [0.5, 0.6) is 0 Å². The van der Waals surface area contributed by atoms with E-state index in [-0.39, 0.29) is 22.9 Å². The molecule has 0 N–H and O–H groups in total. The van der Waals surface area contributed by atoms with Crippen molar-refractivity contribution in [3.8, 4) is 0 Å². The molecule has 0 saturated heterocycles. The van der Waals surface area contributed by atoms with Gasteiger partial charge < -0.3 is 9.47 Å². The fraction of sp³-hybridized carbons (Fsp3) is 0.826. The number of rotatable bonds is 4. The van der Waals surface area contributed by atoms with E-state index in [0.29, 0.717) is 30.3 Å². The average Bonchev–Trinajstić information content (AvgIpc) is 2.97. The first-order chi connectivity index (χ1) is 12.4. The van der Waals surface area contributed by atoms with Crippen LogP contribution < -0.4 is 0 Å². The average molecular weight is 359 g/mol. The van der Waals surface area contributed by atoms with Crippen molar-refractivity contribution in [2.75, 3.05) is 13.9 Å². The molecule has 3 fully saturated rings. The summed E-state index contributed by atoms with van der Waals surface area (Å²) in [5.41, 5.74) is 5.67. The van der Waals surface area contributed by atoms with Crippen molar-refractivity contribution in [1.82, 2.24) is 0 Å². The highest BCUT2D eigenvalue weighted by atomic mass is 16.7. The second-order valence-electron chi connectivity index (χ2n) is 9.72.